The molecule has 19 heavy (non-hydrogen) atoms. The van der Waals surface area contributed by atoms with Crippen LogP contribution < -0.4 is 5.32 Å². The lowest BCUT2D eigenvalue weighted by atomic mass is 10.1. The molecule has 0 atom stereocenters. The molecule has 2 rings (SSSR count). The minimum absolute atomic E-state index is 0.857. The average Bonchev–Trinajstić information content (AvgIpc) is 2.85. The Morgan fingerprint density at radius 2 is 2.11 bits per heavy atom. The van der Waals surface area contributed by atoms with Crippen molar-refractivity contribution in [2.45, 2.75) is 13.8 Å². The lowest BCUT2D eigenvalue weighted by Gasteiger charge is -2.10. The van der Waals surface area contributed by atoms with Crippen LogP contribution in [0.25, 0.3) is 17.4 Å². The van der Waals surface area contributed by atoms with Crippen molar-refractivity contribution in [2.75, 3.05) is 12.4 Å². The summed E-state index contributed by atoms with van der Waals surface area (Å²) in [5.74, 6) is 2.63. The topological polar surface area (TPSA) is 37.5 Å². The summed E-state index contributed by atoms with van der Waals surface area (Å²) in [6.45, 7) is 7.69. The highest BCUT2D eigenvalue weighted by molar-refractivity contribution is 5.96. The van der Waals surface area contributed by atoms with Gasteiger partial charge in [0.1, 0.15) is 11.5 Å². The number of nitrogens with zero attached hydrogens (tertiary/aromatic N) is 1. The first-order valence-electron chi connectivity index (χ1n) is 6.17. The fourth-order valence-electron chi connectivity index (χ4n) is 1.84. The molecule has 0 radical (unpaired) electrons. The normalized spacial score (nSPS) is 11.4. The van der Waals surface area contributed by atoms with E-state index in [4.69, 9.17) is 4.42 Å². The quantitative estimate of drug-likeness (QED) is 0.652. The zero-order chi connectivity index (χ0) is 13.8. The molecule has 1 N–H and O–H groups in total. The van der Waals surface area contributed by atoms with Gasteiger partial charge in [-0.05, 0) is 37.6 Å². The highest BCUT2D eigenvalue weighted by atomic mass is 16.3. The lowest BCUT2D eigenvalue weighted by molar-refractivity contribution is 0.548. The number of nitrogens with one attached hydrogen (secondary N) is 1. The molecule has 3 heteroatoms. The fraction of sp³-hybridized carbons (Fsp3) is 0.188. The number of anilines is 1. The summed E-state index contributed by atoms with van der Waals surface area (Å²) in [5.41, 5.74) is 3.05. The van der Waals surface area contributed by atoms with Gasteiger partial charge in [0, 0.05) is 18.3 Å². The molecule has 0 saturated carbocycles. The molecule has 0 spiro atoms. The number of amidine groups is 1. The number of furan rings is 1. The molecule has 0 unspecified atom stereocenters. The van der Waals surface area contributed by atoms with Crippen LogP contribution in [0.5, 0.6) is 0 Å². The first-order chi connectivity index (χ1) is 9.13. The van der Waals surface area contributed by atoms with Crippen molar-refractivity contribution in [1.29, 1.82) is 0 Å². The Bertz CT molecular complexity index is 623. The van der Waals surface area contributed by atoms with Crippen LogP contribution in [0.15, 0.2) is 46.3 Å². The highest BCUT2D eigenvalue weighted by Gasteiger charge is 2.07. The van der Waals surface area contributed by atoms with Crippen LogP contribution in [0.3, 0.4) is 0 Å². The summed E-state index contributed by atoms with van der Waals surface area (Å²) >= 11 is 0. The molecule has 0 saturated heterocycles. The van der Waals surface area contributed by atoms with Gasteiger partial charge < -0.3 is 9.73 Å². The van der Waals surface area contributed by atoms with Crippen molar-refractivity contribution in [3.8, 4) is 11.3 Å². The molecular formula is C16H18N2O. The summed E-state index contributed by atoms with van der Waals surface area (Å²) in [7, 11) is 1.76. The lowest BCUT2D eigenvalue weighted by Crippen LogP contribution is -2.07. The smallest absolute Gasteiger partial charge is 0.134 e. The van der Waals surface area contributed by atoms with E-state index in [2.05, 4.69) is 16.9 Å². The summed E-state index contributed by atoms with van der Waals surface area (Å²) in [4.78, 5) is 4.11. The predicted molar refractivity (Wildman–Crippen MR) is 81.6 cm³/mol. The Kier molecular flexibility index (Phi) is 3.85. The molecular weight excluding hydrogens is 236 g/mol. The van der Waals surface area contributed by atoms with E-state index < -0.39 is 0 Å². The Labute approximate surface area is 113 Å². The van der Waals surface area contributed by atoms with E-state index in [1.807, 2.05) is 50.3 Å². The second kappa shape index (κ2) is 5.57. The summed E-state index contributed by atoms with van der Waals surface area (Å²) in [5, 5.41) is 3.27. The van der Waals surface area contributed by atoms with E-state index in [9.17, 15) is 0 Å². The molecule has 1 aromatic heterocycles. The molecule has 0 aliphatic rings. The van der Waals surface area contributed by atoms with Crippen LogP contribution >= 0.6 is 0 Å². The molecule has 0 amide bonds. The number of aliphatic imine (C=N–C) groups is 1. The Morgan fingerprint density at radius 1 is 1.32 bits per heavy atom. The van der Waals surface area contributed by atoms with E-state index in [-0.39, 0.29) is 0 Å². The number of rotatable bonds is 3. The van der Waals surface area contributed by atoms with Crippen molar-refractivity contribution < 1.29 is 4.42 Å². The molecule has 2 aromatic rings. The largest absolute Gasteiger partial charge is 0.461 e. The molecule has 0 aliphatic heterocycles. The number of hydrogen-bond donors (Lipinski definition) is 1. The summed E-state index contributed by atoms with van der Waals surface area (Å²) < 4.78 is 5.65. The molecule has 0 fully saturated rings. The van der Waals surface area contributed by atoms with Crippen molar-refractivity contribution >= 4 is 17.6 Å². The molecule has 0 aliphatic carbocycles. The predicted octanol–water partition coefficient (Wildman–Crippen LogP) is 4.36. The fourth-order valence-corrected chi connectivity index (χ4v) is 1.84. The van der Waals surface area contributed by atoms with Crippen LogP contribution in [-0.2, 0) is 0 Å². The van der Waals surface area contributed by atoms with Crippen LogP contribution in [0, 0.1) is 6.92 Å². The van der Waals surface area contributed by atoms with E-state index >= 15 is 0 Å². The second-order valence-corrected chi connectivity index (χ2v) is 4.35. The van der Waals surface area contributed by atoms with Gasteiger partial charge in [-0.3, -0.25) is 4.99 Å². The van der Waals surface area contributed by atoms with Gasteiger partial charge in [-0.2, -0.15) is 0 Å². The van der Waals surface area contributed by atoms with Gasteiger partial charge in [-0.25, -0.2) is 0 Å². The SMILES string of the molecule is C=Cc1ccc(-c2ccc(C)o2)cc1NC(C)=NC. The number of benzene rings is 1. The van der Waals surface area contributed by atoms with Crippen LogP contribution in [0.2, 0.25) is 0 Å². The van der Waals surface area contributed by atoms with Crippen molar-refractivity contribution in [3.05, 3.63) is 48.2 Å². The third-order valence-electron chi connectivity index (χ3n) is 2.95. The first-order valence-corrected chi connectivity index (χ1v) is 6.17. The van der Waals surface area contributed by atoms with Crippen LogP contribution in [-0.4, -0.2) is 12.9 Å². The van der Waals surface area contributed by atoms with Gasteiger partial charge in [0.05, 0.1) is 5.84 Å². The maximum atomic E-state index is 5.65. The monoisotopic (exact) mass is 254 g/mol. The molecule has 1 aromatic carbocycles. The minimum Gasteiger partial charge on any atom is -0.461 e. The summed E-state index contributed by atoms with van der Waals surface area (Å²) in [6.07, 6.45) is 1.82. The second-order valence-electron chi connectivity index (χ2n) is 4.35. The third-order valence-corrected chi connectivity index (χ3v) is 2.95. The first kappa shape index (κ1) is 13.1. The van der Waals surface area contributed by atoms with E-state index in [0.29, 0.717) is 0 Å². The number of hydrogen-bond acceptors (Lipinski definition) is 2. The van der Waals surface area contributed by atoms with Gasteiger partial charge in [0.2, 0.25) is 0 Å². The van der Waals surface area contributed by atoms with E-state index in [0.717, 1.165) is 34.2 Å². The van der Waals surface area contributed by atoms with Gasteiger partial charge in [0.15, 0.2) is 0 Å². The van der Waals surface area contributed by atoms with E-state index in [1.54, 1.807) is 7.05 Å². The molecule has 1 heterocycles. The van der Waals surface area contributed by atoms with Crippen molar-refractivity contribution in [1.82, 2.24) is 0 Å². The van der Waals surface area contributed by atoms with Crippen molar-refractivity contribution in [2.24, 2.45) is 4.99 Å². The molecule has 98 valence electrons. The Morgan fingerprint density at radius 3 is 2.68 bits per heavy atom. The average molecular weight is 254 g/mol. The van der Waals surface area contributed by atoms with E-state index in [1.165, 1.54) is 0 Å². The van der Waals surface area contributed by atoms with Crippen LogP contribution in [0.4, 0.5) is 5.69 Å². The van der Waals surface area contributed by atoms with Gasteiger partial charge >= 0.3 is 0 Å². The standard InChI is InChI=1S/C16H18N2O/c1-5-13-7-8-14(16-9-6-11(2)19-16)10-15(13)18-12(3)17-4/h5-10H,1H2,2-4H3,(H,17,18). The van der Waals surface area contributed by atoms with Gasteiger partial charge in [0.25, 0.3) is 0 Å². The zero-order valence-corrected chi connectivity index (χ0v) is 11.5. The maximum Gasteiger partial charge on any atom is 0.134 e. The maximum absolute atomic E-state index is 5.65. The van der Waals surface area contributed by atoms with Gasteiger partial charge in [-0.1, -0.05) is 24.8 Å². The van der Waals surface area contributed by atoms with Gasteiger partial charge in [-0.15, -0.1) is 0 Å². The highest BCUT2D eigenvalue weighted by Crippen LogP contribution is 2.27. The molecule has 0 bridgehead atoms. The van der Waals surface area contributed by atoms with Crippen molar-refractivity contribution in [3.63, 3.8) is 0 Å². The summed E-state index contributed by atoms with van der Waals surface area (Å²) in [6, 6.07) is 10.0. The third kappa shape index (κ3) is 2.94. The van der Waals surface area contributed by atoms with Crippen LogP contribution in [0.1, 0.15) is 18.2 Å². The number of aryl methyl sites for hydroxylation is 1. The zero-order valence-electron chi connectivity index (χ0n) is 11.5. The Balaban J connectivity index is 2.43. The minimum atomic E-state index is 0.857. The molecule has 3 nitrogen and oxygen atoms in total. The Hall–Kier alpha value is -2.29.